The van der Waals surface area contributed by atoms with E-state index in [1.54, 1.807) is 0 Å². The summed E-state index contributed by atoms with van der Waals surface area (Å²) < 4.78 is 71.7. The molecule has 186 valence electrons. The number of carbonyl (C=O) groups excluding carboxylic acids is 1. The lowest BCUT2D eigenvalue weighted by atomic mass is 9.95. The fraction of sp³-hybridized carbons (Fsp3) is 0.435. The van der Waals surface area contributed by atoms with Crippen LogP contribution in [-0.4, -0.2) is 60.5 Å². The van der Waals surface area contributed by atoms with Crippen LogP contribution in [-0.2, 0) is 21.2 Å². The smallest absolute Gasteiger partial charge is 0.254 e. The van der Waals surface area contributed by atoms with Gasteiger partial charge < -0.3 is 10.0 Å². The van der Waals surface area contributed by atoms with Crippen LogP contribution in [0.15, 0.2) is 36.4 Å². The Labute approximate surface area is 201 Å². The van der Waals surface area contributed by atoms with Crippen molar-refractivity contribution < 1.29 is 31.5 Å². The third-order valence-electron chi connectivity index (χ3n) is 5.81. The zero-order chi connectivity index (χ0) is 25.4. The van der Waals surface area contributed by atoms with Crippen molar-refractivity contribution in [1.29, 1.82) is 0 Å². The highest BCUT2D eigenvalue weighted by Crippen LogP contribution is 2.33. The van der Waals surface area contributed by atoms with Crippen LogP contribution in [0.2, 0.25) is 5.02 Å². The molecule has 1 heterocycles. The second-order valence-electron chi connectivity index (χ2n) is 8.73. The molecule has 0 bridgehead atoms. The van der Waals surface area contributed by atoms with Gasteiger partial charge in [0.2, 0.25) is 10.0 Å². The first kappa shape index (κ1) is 26.5. The molecule has 1 aliphatic rings. The fourth-order valence-corrected chi connectivity index (χ4v) is 5.08. The number of nitrogens with zero attached hydrogens (tertiary/aromatic N) is 1. The number of benzene rings is 2. The Hall–Kier alpha value is -2.14. The van der Waals surface area contributed by atoms with E-state index in [2.05, 4.69) is 4.72 Å². The van der Waals surface area contributed by atoms with Crippen LogP contribution in [0.5, 0.6) is 0 Å². The van der Waals surface area contributed by atoms with Crippen LogP contribution in [0.1, 0.15) is 26.3 Å². The molecular formula is C23H26ClF3N2O4S. The van der Waals surface area contributed by atoms with Crippen LogP contribution in [0, 0.1) is 11.6 Å². The van der Waals surface area contributed by atoms with E-state index in [0.29, 0.717) is 0 Å². The standard InChI is InChI=1S/C23H26ClF3N2O4S/c1-4-34(32,33)28-21-17(25)12-29(22(30)23(2,3)31)18(21)11-13-7-5-8-14(19(13)26)15-9-6-10-16(24)20(15)27/h5-10,17-18,21,28,31H,4,11-12H2,1-3H3/t17-,18-,21-/m0/s1. The summed E-state index contributed by atoms with van der Waals surface area (Å²) in [5.74, 6) is -2.76. The monoisotopic (exact) mass is 518 g/mol. The third kappa shape index (κ3) is 5.40. The van der Waals surface area contributed by atoms with E-state index in [4.69, 9.17) is 11.6 Å². The maximum Gasteiger partial charge on any atom is 0.254 e. The molecule has 1 fully saturated rings. The SMILES string of the molecule is CCS(=O)(=O)N[C@H]1[C@@H](F)CN(C(=O)C(C)(C)O)[C@H]1Cc1cccc(-c2cccc(Cl)c2F)c1F. The number of rotatable bonds is 7. The Balaban J connectivity index is 2.05. The molecule has 2 aromatic carbocycles. The van der Waals surface area contributed by atoms with Gasteiger partial charge in [-0.15, -0.1) is 0 Å². The summed E-state index contributed by atoms with van der Waals surface area (Å²) in [5.41, 5.74) is -2.00. The van der Waals surface area contributed by atoms with Crippen molar-refractivity contribution in [2.75, 3.05) is 12.3 Å². The Kier molecular flexibility index (Phi) is 7.66. The van der Waals surface area contributed by atoms with Crippen LogP contribution in [0.25, 0.3) is 11.1 Å². The van der Waals surface area contributed by atoms with Gasteiger partial charge in [-0.25, -0.2) is 26.3 Å². The number of carbonyl (C=O) groups is 1. The number of nitrogens with one attached hydrogen (secondary N) is 1. The minimum absolute atomic E-state index is 0.0187. The number of sulfonamides is 1. The van der Waals surface area contributed by atoms with E-state index in [1.807, 2.05) is 0 Å². The predicted octanol–water partition coefficient (Wildman–Crippen LogP) is 3.46. The van der Waals surface area contributed by atoms with Gasteiger partial charge in [-0.1, -0.05) is 41.9 Å². The summed E-state index contributed by atoms with van der Waals surface area (Å²) in [6.45, 7) is 3.36. The van der Waals surface area contributed by atoms with E-state index < -0.39 is 58.0 Å². The normalized spacial score (nSPS) is 21.2. The van der Waals surface area contributed by atoms with Crippen LogP contribution in [0.4, 0.5) is 13.2 Å². The lowest BCUT2D eigenvalue weighted by molar-refractivity contribution is -0.149. The van der Waals surface area contributed by atoms with E-state index in [-0.39, 0.29) is 33.9 Å². The van der Waals surface area contributed by atoms with Crippen molar-refractivity contribution in [3.8, 4) is 11.1 Å². The molecule has 0 radical (unpaired) electrons. The predicted molar refractivity (Wildman–Crippen MR) is 124 cm³/mol. The van der Waals surface area contributed by atoms with Gasteiger partial charge in [-0.05, 0) is 38.8 Å². The molecule has 0 spiro atoms. The highest BCUT2D eigenvalue weighted by molar-refractivity contribution is 7.89. The average molecular weight is 519 g/mol. The topological polar surface area (TPSA) is 86.7 Å². The first-order valence-corrected chi connectivity index (χ1v) is 12.7. The molecule has 3 rings (SSSR count). The molecule has 6 nitrogen and oxygen atoms in total. The Bertz CT molecular complexity index is 1190. The fourth-order valence-electron chi connectivity index (χ4n) is 4.02. The minimum Gasteiger partial charge on any atom is -0.381 e. The molecule has 1 saturated heterocycles. The summed E-state index contributed by atoms with van der Waals surface area (Å²) >= 11 is 5.83. The third-order valence-corrected chi connectivity index (χ3v) is 7.49. The van der Waals surface area contributed by atoms with Crippen molar-refractivity contribution in [3.63, 3.8) is 0 Å². The van der Waals surface area contributed by atoms with Crippen molar-refractivity contribution in [2.45, 2.75) is 51.0 Å². The highest BCUT2D eigenvalue weighted by atomic mass is 35.5. The molecule has 11 heteroatoms. The van der Waals surface area contributed by atoms with Gasteiger partial charge in [-0.2, -0.15) is 0 Å². The Morgan fingerprint density at radius 3 is 2.35 bits per heavy atom. The molecule has 2 aromatic rings. The van der Waals surface area contributed by atoms with E-state index in [9.17, 15) is 27.1 Å². The summed E-state index contributed by atoms with van der Waals surface area (Å²) in [6.07, 6.45) is -2.06. The van der Waals surface area contributed by atoms with Gasteiger partial charge in [-0.3, -0.25) is 4.79 Å². The zero-order valence-corrected chi connectivity index (χ0v) is 20.4. The molecular weight excluding hydrogens is 493 g/mol. The maximum atomic E-state index is 15.5. The molecule has 0 aromatic heterocycles. The quantitative estimate of drug-likeness (QED) is 0.588. The van der Waals surface area contributed by atoms with Gasteiger partial charge >= 0.3 is 0 Å². The molecule has 1 amide bonds. The number of aliphatic hydroxyl groups is 1. The second-order valence-corrected chi connectivity index (χ2v) is 11.2. The van der Waals surface area contributed by atoms with Gasteiger partial charge in [0.15, 0.2) is 0 Å². The van der Waals surface area contributed by atoms with E-state index in [0.717, 1.165) is 4.90 Å². The molecule has 0 aliphatic carbocycles. The summed E-state index contributed by atoms with van der Waals surface area (Å²) in [5, 5.41) is 10.0. The Morgan fingerprint density at radius 2 is 1.76 bits per heavy atom. The largest absolute Gasteiger partial charge is 0.381 e. The zero-order valence-electron chi connectivity index (χ0n) is 18.9. The molecule has 34 heavy (non-hydrogen) atoms. The average Bonchev–Trinajstić information content (AvgIpc) is 3.05. The maximum absolute atomic E-state index is 15.5. The number of likely N-dealkylation sites (tertiary alicyclic amines) is 1. The first-order chi connectivity index (χ1) is 15.8. The van der Waals surface area contributed by atoms with Crippen LogP contribution >= 0.6 is 11.6 Å². The molecule has 3 atom stereocenters. The summed E-state index contributed by atoms with van der Waals surface area (Å²) in [7, 11) is -3.87. The molecule has 0 unspecified atom stereocenters. The number of alkyl halides is 1. The summed E-state index contributed by atoms with van der Waals surface area (Å²) in [4.78, 5) is 13.9. The number of halogens is 4. The van der Waals surface area contributed by atoms with Crippen molar-refractivity contribution >= 4 is 27.5 Å². The van der Waals surface area contributed by atoms with Gasteiger partial charge in [0.1, 0.15) is 23.4 Å². The first-order valence-electron chi connectivity index (χ1n) is 10.7. The Morgan fingerprint density at radius 1 is 1.18 bits per heavy atom. The van der Waals surface area contributed by atoms with Crippen molar-refractivity contribution in [2.24, 2.45) is 0 Å². The number of hydrogen-bond acceptors (Lipinski definition) is 4. The molecule has 2 N–H and O–H groups in total. The van der Waals surface area contributed by atoms with Crippen LogP contribution < -0.4 is 4.72 Å². The lowest BCUT2D eigenvalue weighted by Gasteiger charge is -2.32. The van der Waals surface area contributed by atoms with Crippen molar-refractivity contribution in [1.82, 2.24) is 9.62 Å². The summed E-state index contributed by atoms with van der Waals surface area (Å²) in [6, 6.07) is 5.89. The molecule has 1 aliphatic heterocycles. The minimum atomic E-state index is -3.87. The van der Waals surface area contributed by atoms with E-state index in [1.165, 1.54) is 57.2 Å². The van der Waals surface area contributed by atoms with E-state index >= 15 is 4.39 Å². The van der Waals surface area contributed by atoms with Crippen molar-refractivity contribution in [3.05, 3.63) is 58.6 Å². The second kappa shape index (κ2) is 9.85. The molecule has 0 saturated carbocycles. The van der Waals surface area contributed by atoms with Crippen LogP contribution in [0.3, 0.4) is 0 Å². The number of amides is 1. The lowest BCUT2D eigenvalue weighted by Crippen LogP contribution is -2.53. The van der Waals surface area contributed by atoms with Gasteiger partial charge in [0.05, 0.1) is 29.4 Å². The van der Waals surface area contributed by atoms with Gasteiger partial charge in [0, 0.05) is 11.1 Å². The highest BCUT2D eigenvalue weighted by Gasteiger charge is 2.48. The van der Waals surface area contributed by atoms with Gasteiger partial charge in [0.25, 0.3) is 5.91 Å². The number of hydrogen-bond donors (Lipinski definition) is 2.